The summed E-state index contributed by atoms with van der Waals surface area (Å²) in [4.78, 5) is 10.6. The van der Waals surface area contributed by atoms with Crippen LogP contribution in [-0.4, -0.2) is 37.2 Å². The highest BCUT2D eigenvalue weighted by Crippen LogP contribution is 2.35. The molecule has 0 spiro atoms. The molecule has 1 atom stereocenters. The predicted molar refractivity (Wildman–Crippen MR) is 130 cm³/mol. The number of guanidine groups is 1. The topological polar surface area (TPSA) is 67.8 Å². The van der Waals surface area contributed by atoms with Crippen molar-refractivity contribution in [1.82, 2.24) is 15.6 Å². The van der Waals surface area contributed by atoms with Gasteiger partial charge in [-0.15, -0.1) is 35.3 Å². The smallest absolute Gasteiger partial charge is 0.191 e. The summed E-state index contributed by atoms with van der Waals surface area (Å²) in [7, 11) is 1.70. The molecule has 0 aliphatic carbocycles. The van der Waals surface area contributed by atoms with E-state index in [9.17, 15) is 0 Å². The Balaban J connectivity index is 0.00000300. The molecule has 0 bridgehead atoms. The normalized spacial score (nSPS) is 15.3. The number of hydrogen-bond acceptors (Lipinski definition) is 5. The van der Waals surface area contributed by atoms with E-state index < -0.39 is 0 Å². The number of nitrogens with one attached hydrogen (secondary N) is 2. The first-order valence-corrected chi connectivity index (χ1v) is 10.6. The molecular weight excluding hydrogens is 499 g/mol. The first-order valence-electron chi connectivity index (χ1n) is 9.81. The van der Waals surface area contributed by atoms with E-state index in [2.05, 4.69) is 55.4 Å². The number of aryl methyl sites for hydroxylation is 2. The summed E-state index contributed by atoms with van der Waals surface area (Å²) in [6, 6.07) is 4.14. The van der Waals surface area contributed by atoms with Crippen molar-refractivity contribution in [3.05, 3.63) is 38.8 Å². The van der Waals surface area contributed by atoms with E-state index in [-0.39, 0.29) is 30.1 Å². The molecule has 0 amide bonds. The highest BCUT2D eigenvalue weighted by Gasteiger charge is 2.21. The SMILES string of the molecule is CCNC(=NCc1cc2c(cc1OC)CC(C)O2)NCCc1nc(C)c(C)s1.I. The zero-order valence-corrected chi connectivity index (χ0v) is 20.9. The lowest BCUT2D eigenvalue weighted by Crippen LogP contribution is -2.38. The second-order valence-corrected chi connectivity index (χ2v) is 8.31. The van der Waals surface area contributed by atoms with Gasteiger partial charge >= 0.3 is 0 Å². The fourth-order valence-electron chi connectivity index (χ4n) is 3.23. The molecule has 2 heterocycles. The van der Waals surface area contributed by atoms with Gasteiger partial charge in [-0.05, 0) is 39.8 Å². The van der Waals surface area contributed by atoms with Crippen LogP contribution in [0, 0.1) is 13.8 Å². The molecule has 1 aliphatic heterocycles. The number of aliphatic imine (C=N–C) groups is 1. The third kappa shape index (κ3) is 6.21. The third-order valence-corrected chi connectivity index (χ3v) is 5.89. The van der Waals surface area contributed by atoms with Crippen LogP contribution in [-0.2, 0) is 19.4 Å². The molecule has 1 aromatic carbocycles. The Bertz CT molecular complexity index is 834. The van der Waals surface area contributed by atoms with Gasteiger partial charge in [0.25, 0.3) is 0 Å². The Morgan fingerprint density at radius 3 is 2.79 bits per heavy atom. The Morgan fingerprint density at radius 1 is 1.34 bits per heavy atom. The van der Waals surface area contributed by atoms with E-state index in [1.807, 2.05) is 0 Å². The molecule has 2 N–H and O–H groups in total. The minimum Gasteiger partial charge on any atom is -0.496 e. The molecule has 1 aliphatic rings. The molecule has 29 heavy (non-hydrogen) atoms. The van der Waals surface area contributed by atoms with Crippen LogP contribution in [0.15, 0.2) is 17.1 Å². The largest absolute Gasteiger partial charge is 0.496 e. The summed E-state index contributed by atoms with van der Waals surface area (Å²) >= 11 is 1.76. The number of hydrogen-bond donors (Lipinski definition) is 2. The highest BCUT2D eigenvalue weighted by atomic mass is 127. The summed E-state index contributed by atoms with van der Waals surface area (Å²) < 4.78 is 11.5. The van der Waals surface area contributed by atoms with Crippen LogP contribution in [0.2, 0.25) is 0 Å². The van der Waals surface area contributed by atoms with Gasteiger partial charge in [0.05, 0.1) is 24.4 Å². The van der Waals surface area contributed by atoms with E-state index in [4.69, 9.17) is 14.5 Å². The van der Waals surface area contributed by atoms with Crippen molar-refractivity contribution >= 4 is 41.3 Å². The maximum atomic E-state index is 5.89. The summed E-state index contributed by atoms with van der Waals surface area (Å²) in [5.74, 6) is 2.61. The Morgan fingerprint density at radius 2 is 2.14 bits per heavy atom. The number of aromatic nitrogens is 1. The third-order valence-electron chi connectivity index (χ3n) is 4.75. The zero-order chi connectivity index (χ0) is 20.1. The number of halogens is 1. The summed E-state index contributed by atoms with van der Waals surface area (Å²) in [5.41, 5.74) is 3.36. The van der Waals surface area contributed by atoms with Crippen LogP contribution in [0.1, 0.15) is 40.6 Å². The van der Waals surface area contributed by atoms with Crippen LogP contribution in [0.25, 0.3) is 0 Å². The van der Waals surface area contributed by atoms with Gasteiger partial charge in [0.2, 0.25) is 0 Å². The summed E-state index contributed by atoms with van der Waals surface area (Å²) in [6.07, 6.45) is 2.03. The zero-order valence-electron chi connectivity index (χ0n) is 17.8. The quantitative estimate of drug-likeness (QED) is 0.322. The van der Waals surface area contributed by atoms with E-state index in [0.29, 0.717) is 6.54 Å². The van der Waals surface area contributed by atoms with Gasteiger partial charge in [-0.1, -0.05) is 0 Å². The first-order chi connectivity index (χ1) is 13.5. The van der Waals surface area contributed by atoms with Crippen molar-refractivity contribution in [1.29, 1.82) is 0 Å². The monoisotopic (exact) mass is 530 g/mol. The van der Waals surface area contributed by atoms with Gasteiger partial charge < -0.3 is 20.1 Å². The number of rotatable bonds is 7. The minimum atomic E-state index is 0. The van der Waals surface area contributed by atoms with Gasteiger partial charge in [0, 0.05) is 41.9 Å². The molecule has 0 saturated carbocycles. The van der Waals surface area contributed by atoms with E-state index in [1.54, 1.807) is 18.4 Å². The van der Waals surface area contributed by atoms with Gasteiger partial charge in [-0.3, -0.25) is 0 Å². The highest BCUT2D eigenvalue weighted by molar-refractivity contribution is 14.0. The number of ether oxygens (including phenoxy) is 2. The second-order valence-electron chi connectivity index (χ2n) is 7.03. The Hall–Kier alpha value is -1.55. The Labute approximate surface area is 194 Å². The molecular formula is C21H31IN4O2S. The Kier molecular flexibility index (Phi) is 9.01. The molecule has 0 saturated heterocycles. The fraction of sp³-hybridized carbons (Fsp3) is 0.524. The molecule has 0 radical (unpaired) electrons. The van der Waals surface area contributed by atoms with Crippen molar-refractivity contribution in [2.75, 3.05) is 20.2 Å². The number of nitrogens with zero attached hydrogens (tertiary/aromatic N) is 2. The van der Waals surface area contributed by atoms with Crippen LogP contribution >= 0.6 is 35.3 Å². The molecule has 6 nitrogen and oxygen atoms in total. The lowest BCUT2D eigenvalue weighted by molar-refractivity contribution is 0.254. The second kappa shape index (κ2) is 11.0. The maximum absolute atomic E-state index is 5.89. The maximum Gasteiger partial charge on any atom is 0.191 e. The van der Waals surface area contributed by atoms with Gasteiger partial charge in [0.1, 0.15) is 17.6 Å². The fourth-order valence-corrected chi connectivity index (χ4v) is 4.17. The molecule has 1 unspecified atom stereocenters. The van der Waals surface area contributed by atoms with Crippen LogP contribution in [0.5, 0.6) is 11.5 Å². The average Bonchev–Trinajstić information content (AvgIpc) is 3.18. The molecule has 8 heteroatoms. The van der Waals surface area contributed by atoms with Gasteiger partial charge in [-0.25, -0.2) is 9.98 Å². The van der Waals surface area contributed by atoms with Crippen molar-refractivity contribution in [3.8, 4) is 11.5 Å². The molecule has 3 rings (SSSR count). The van der Waals surface area contributed by atoms with E-state index in [0.717, 1.165) is 59.7 Å². The van der Waals surface area contributed by atoms with Crippen molar-refractivity contribution in [2.24, 2.45) is 4.99 Å². The van der Waals surface area contributed by atoms with Crippen LogP contribution < -0.4 is 20.1 Å². The van der Waals surface area contributed by atoms with Crippen LogP contribution in [0.4, 0.5) is 0 Å². The number of thiazole rings is 1. The summed E-state index contributed by atoms with van der Waals surface area (Å²) in [5, 5.41) is 7.86. The van der Waals surface area contributed by atoms with Gasteiger partial charge in [0.15, 0.2) is 5.96 Å². The number of methoxy groups -OCH3 is 1. The average molecular weight is 530 g/mol. The molecule has 2 aromatic rings. The van der Waals surface area contributed by atoms with Crippen molar-refractivity contribution in [3.63, 3.8) is 0 Å². The number of fused-ring (bicyclic) bond motifs is 1. The molecule has 0 fully saturated rings. The molecule has 160 valence electrons. The van der Waals surface area contributed by atoms with Gasteiger partial charge in [-0.2, -0.15) is 0 Å². The van der Waals surface area contributed by atoms with Crippen LogP contribution in [0.3, 0.4) is 0 Å². The minimum absolute atomic E-state index is 0. The lowest BCUT2D eigenvalue weighted by atomic mass is 10.1. The van der Waals surface area contributed by atoms with Crippen molar-refractivity contribution < 1.29 is 9.47 Å². The lowest BCUT2D eigenvalue weighted by Gasteiger charge is -2.13. The molecule has 1 aromatic heterocycles. The van der Waals surface area contributed by atoms with E-state index >= 15 is 0 Å². The predicted octanol–water partition coefficient (Wildman–Crippen LogP) is 4.01. The van der Waals surface area contributed by atoms with Crippen molar-refractivity contribution in [2.45, 2.75) is 53.2 Å². The summed E-state index contributed by atoms with van der Waals surface area (Å²) in [6.45, 7) is 10.5. The standard InChI is InChI=1S/C21H30N4O2S.HI/c1-6-22-21(23-8-7-20-25-14(3)15(4)28-20)24-12-17-11-19-16(9-13(2)27-19)10-18(17)26-5;/h10-11,13H,6-9,12H2,1-5H3,(H2,22,23,24);1H. The number of benzene rings is 1. The first kappa shape index (κ1) is 23.7. The van der Waals surface area contributed by atoms with E-state index in [1.165, 1.54) is 10.4 Å².